The summed E-state index contributed by atoms with van der Waals surface area (Å²) in [5, 5.41) is 1.88. The van der Waals surface area contributed by atoms with Crippen molar-refractivity contribution in [2.45, 2.75) is 136 Å². The number of phosphoric acid groups is 1. The molecule has 0 aliphatic carbocycles. The van der Waals surface area contributed by atoms with E-state index in [0.717, 1.165) is 19.3 Å². The molecule has 3 N–H and O–H groups in total. The second kappa shape index (κ2) is 24.4. The maximum absolute atomic E-state index is 12.0. The van der Waals surface area contributed by atoms with E-state index in [-0.39, 0.29) is 24.9 Å². The molecule has 0 aromatic heterocycles. The smallest absolute Gasteiger partial charge is 0.347 e. The molecule has 2 atom stereocenters. The van der Waals surface area contributed by atoms with Gasteiger partial charge in [-0.1, -0.05) is 117 Å². The van der Waals surface area contributed by atoms with Crippen LogP contribution in [0.15, 0.2) is 0 Å². The van der Waals surface area contributed by atoms with E-state index in [1.165, 1.54) is 89.9 Å². The molecule has 0 saturated carbocycles. The van der Waals surface area contributed by atoms with Gasteiger partial charge in [-0.2, -0.15) is 0 Å². The average Bonchev–Trinajstić information content (AvgIpc) is 2.82. The van der Waals surface area contributed by atoms with Crippen LogP contribution < -0.4 is 5.32 Å². The molecule has 0 rings (SSSR count). The number of likely N-dealkylation sites (N-methyl/N-ethyl adjacent to an activating group) is 1. The van der Waals surface area contributed by atoms with Crippen molar-refractivity contribution in [1.29, 1.82) is 0 Å². The molecular formula is C27H57NO5P+. The lowest BCUT2D eigenvalue weighted by Gasteiger charge is -2.18. The first-order valence-corrected chi connectivity index (χ1v) is 15.9. The van der Waals surface area contributed by atoms with E-state index in [2.05, 4.69) is 6.92 Å². The Balaban J connectivity index is 3.77. The minimum Gasteiger partial charge on any atom is -0.347 e. The van der Waals surface area contributed by atoms with Crippen LogP contribution in [-0.4, -0.2) is 37.5 Å². The number of hydrogen-bond acceptors (Lipinski definition) is 4. The monoisotopic (exact) mass is 506 g/mol. The van der Waals surface area contributed by atoms with E-state index >= 15 is 0 Å². The first kappa shape index (κ1) is 33.7. The number of Topliss-reactive ketones (excluding diaryl/α,β-unsaturated/α-hetero) is 1. The lowest BCUT2D eigenvalue weighted by molar-refractivity contribution is -0.627. The minimum atomic E-state index is -4.04. The third-order valence-corrected chi connectivity index (χ3v) is 7.50. The Labute approximate surface area is 211 Å². The largest absolute Gasteiger partial charge is 0.472 e. The summed E-state index contributed by atoms with van der Waals surface area (Å²) in [5.41, 5.74) is 0. The number of nitrogens with two attached hydrogens (primary N) is 1. The number of ketones is 1. The van der Waals surface area contributed by atoms with Crippen molar-refractivity contribution in [2.75, 3.05) is 26.8 Å². The molecule has 0 aromatic rings. The summed E-state index contributed by atoms with van der Waals surface area (Å²) in [6, 6.07) is 0. The van der Waals surface area contributed by atoms with Gasteiger partial charge in [-0.15, -0.1) is 0 Å². The van der Waals surface area contributed by atoms with E-state index in [1.54, 1.807) is 0 Å². The Morgan fingerprint density at radius 1 is 0.794 bits per heavy atom. The molecule has 204 valence electrons. The zero-order valence-corrected chi connectivity index (χ0v) is 23.6. The van der Waals surface area contributed by atoms with E-state index in [9.17, 15) is 14.3 Å². The van der Waals surface area contributed by atoms with E-state index in [1.807, 2.05) is 19.3 Å². The van der Waals surface area contributed by atoms with Gasteiger partial charge < -0.3 is 10.2 Å². The van der Waals surface area contributed by atoms with E-state index in [4.69, 9.17) is 9.05 Å². The zero-order chi connectivity index (χ0) is 25.3. The van der Waals surface area contributed by atoms with Crippen LogP contribution in [0.4, 0.5) is 0 Å². The molecule has 2 unspecified atom stereocenters. The third-order valence-electron chi connectivity index (χ3n) is 6.51. The number of unbranched alkanes of at least 4 members (excludes halogenated alkanes) is 15. The van der Waals surface area contributed by atoms with E-state index < -0.39 is 7.82 Å². The van der Waals surface area contributed by atoms with Gasteiger partial charge in [0.15, 0.2) is 0 Å². The van der Waals surface area contributed by atoms with Crippen LogP contribution in [0.2, 0.25) is 0 Å². The third kappa shape index (κ3) is 23.5. The van der Waals surface area contributed by atoms with E-state index in [0.29, 0.717) is 19.4 Å². The number of quaternary nitrogens is 1. The molecule has 34 heavy (non-hydrogen) atoms. The molecule has 0 fully saturated rings. The van der Waals surface area contributed by atoms with Crippen LogP contribution >= 0.6 is 7.82 Å². The number of phosphoric ester groups is 1. The van der Waals surface area contributed by atoms with Crippen molar-refractivity contribution in [3.8, 4) is 0 Å². The van der Waals surface area contributed by atoms with Gasteiger partial charge in [0.2, 0.25) is 0 Å². The predicted molar refractivity (Wildman–Crippen MR) is 142 cm³/mol. The Hall–Kier alpha value is -0.260. The van der Waals surface area contributed by atoms with Crippen molar-refractivity contribution in [2.24, 2.45) is 5.92 Å². The summed E-state index contributed by atoms with van der Waals surface area (Å²) in [4.78, 5) is 21.7. The quantitative estimate of drug-likeness (QED) is 0.0929. The number of carbonyl (C=O) groups is 1. The highest BCUT2D eigenvalue weighted by molar-refractivity contribution is 7.47. The SMILES string of the molecule is CCCCCCCCCCCCCCCCCCC(COP(=O)(O)OCC[NH2+]C)CC(=O)CC. The van der Waals surface area contributed by atoms with Gasteiger partial charge in [0.25, 0.3) is 0 Å². The summed E-state index contributed by atoms with van der Waals surface area (Å²) in [5.74, 6) is 0.167. The van der Waals surface area contributed by atoms with Crippen LogP contribution in [0.3, 0.4) is 0 Å². The topological polar surface area (TPSA) is 89.4 Å². The van der Waals surface area contributed by atoms with Crippen molar-refractivity contribution in [3.05, 3.63) is 0 Å². The normalized spacial score (nSPS) is 14.2. The lowest BCUT2D eigenvalue weighted by atomic mass is 9.95. The van der Waals surface area contributed by atoms with Gasteiger partial charge in [-0.05, 0) is 12.3 Å². The highest BCUT2D eigenvalue weighted by Gasteiger charge is 2.24. The first-order chi connectivity index (χ1) is 16.4. The van der Waals surface area contributed by atoms with Crippen LogP contribution in [0, 0.1) is 5.92 Å². The van der Waals surface area contributed by atoms with Crippen molar-refractivity contribution in [1.82, 2.24) is 0 Å². The van der Waals surface area contributed by atoms with Crippen molar-refractivity contribution >= 4 is 13.6 Å². The standard InChI is InChI=1S/C27H56NO5P/c1-4-6-7-8-9-10-11-12-13-14-15-16-17-18-19-20-21-26(24-27(29)5-2)25-33-34(30,31)32-23-22-28-3/h26,28H,4-25H2,1-3H3,(H,30,31)/p+1. The fourth-order valence-corrected chi connectivity index (χ4v) is 5.02. The molecule has 0 aliphatic heterocycles. The second-order valence-electron chi connectivity index (χ2n) is 9.85. The molecule has 6 nitrogen and oxygen atoms in total. The highest BCUT2D eigenvalue weighted by atomic mass is 31.2. The number of rotatable bonds is 27. The van der Waals surface area contributed by atoms with Gasteiger partial charge in [-0.3, -0.25) is 13.8 Å². The van der Waals surface area contributed by atoms with Crippen molar-refractivity contribution < 1.29 is 28.6 Å². The molecular weight excluding hydrogens is 449 g/mol. The second-order valence-corrected chi connectivity index (χ2v) is 11.3. The van der Waals surface area contributed by atoms with Crippen LogP contribution in [0.1, 0.15) is 136 Å². The fraction of sp³-hybridized carbons (Fsp3) is 0.963. The highest BCUT2D eigenvalue weighted by Crippen LogP contribution is 2.43. The Morgan fingerprint density at radius 2 is 1.26 bits per heavy atom. The summed E-state index contributed by atoms with van der Waals surface area (Å²) in [6.07, 6.45) is 23.1. The van der Waals surface area contributed by atoms with Gasteiger partial charge in [0.1, 0.15) is 12.4 Å². The Bertz CT molecular complexity index is 503. The van der Waals surface area contributed by atoms with Crippen LogP contribution in [0.25, 0.3) is 0 Å². The van der Waals surface area contributed by atoms with Crippen molar-refractivity contribution in [3.63, 3.8) is 0 Å². The predicted octanol–water partition coefficient (Wildman–Crippen LogP) is 6.95. The molecule has 7 heteroatoms. The number of hydrogen-bond donors (Lipinski definition) is 2. The Kier molecular flexibility index (Phi) is 24.2. The molecule has 0 radical (unpaired) electrons. The molecule has 0 amide bonds. The molecule has 0 saturated heterocycles. The maximum Gasteiger partial charge on any atom is 0.472 e. The summed E-state index contributed by atoms with van der Waals surface area (Å²) >= 11 is 0. The summed E-state index contributed by atoms with van der Waals surface area (Å²) in [7, 11) is -2.16. The first-order valence-electron chi connectivity index (χ1n) is 14.4. The zero-order valence-electron chi connectivity index (χ0n) is 22.7. The maximum atomic E-state index is 12.0. The molecule has 0 aromatic carbocycles. The fourth-order valence-electron chi connectivity index (χ4n) is 4.21. The van der Waals surface area contributed by atoms with Gasteiger partial charge in [-0.25, -0.2) is 4.57 Å². The Morgan fingerprint density at radius 3 is 1.71 bits per heavy atom. The summed E-state index contributed by atoms with van der Waals surface area (Å²) in [6.45, 7) is 5.01. The average molecular weight is 507 g/mol. The molecule has 0 heterocycles. The molecule has 0 bridgehead atoms. The number of carbonyl (C=O) groups excluding carboxylic acids is 1. The summed E-state index contributed by atoms with van der Waals surface area (Å²) < 4.78 is 22.1. The molecule has 0 aliphatic rings. The van der Waals surface area contributed by atoms with Gasteiger partial charge >= 0.3 is 7.82 Å². The molecule has 0 spiro atoms. The van der Waals surface area contributed by atoms with Gasteiger partial charge in [0, 0.05) is 12.8 Å². The van der Waals surface area contributed by atoms with Crippen LogP contribution in [0.5, 0.6) is 0 Å². The minimum absolute atomic E-state index is 0.0130. The van der Waals surface area contributed by atoms with Crippen LogP contribution in [-0.2, 0) is 18.4 Å². The van der Waals surface area contributed by atoms with Gasteiger partial charge in [0.05, 0.1) is 20.2 Å². The lowest BCUT2D eigenvalue weighted by Crippen LogP contribution is -2.80.